The number of hydrogen-bond donors (Lipinski definition) is 0. The highest BCUT2D eigenvalue weighted by Crippen LogP contribution is 2.41. The van der Waals surface area contributed by atoms with Gasteiger partial charge < -0.3 is 0 Å². The average Bonchev–Trinajstić information content (AvgIpc) is 3.22. The molecule has 2 heterocycles. The molecule has 1 nitrogen and oxygen atoms in total. The van der Waals surface area contributed by atoms with Crippen LogP contribution in [0.2, 0.25) is 0 Å². The van der Waals surface area contributed by atoms with Crippen LogP contribution >= 0.6 is 11.3 Å². The lowest BCUT2D eigenvalue weighted by Gasteiger charge is -2.22. The van der Waals surface area contributed by atoms with Gasteiger partial charge in [0.1, 0.15) is 0 Å². The molecule has 3 aromatic carbocycles. The predicted octanol–water partition coefficient (Wildman–Crippen LogP) is 9.20. The lowest BCUT2D eigenvalue weighted by molar-refractivity contribution is 0.596. The van der Waals surface area contributed by atoms with Gasteiger partial charge in [0.05, 0.1) is 5.69 Å². The van der Waals surface area contributed by atoms with E-state index < -0.39 is 0 Å². The molecule has 0 radical (unpaired) electrons. The van der Waals surface area contributed by atoms with E-state index in [4.69, 9.17) is 4.98 Å². The summed E-state index contributed by atoms with van der Waals surface area (Å²) in [6.45, 7) is 11.4. The Kier molecular flexibility index (Phi) is 5.14. The maximum atomic E-state index is 4.88. The minimum atomic E-state index is 0.0551. The summed E-state index contributed by atoms with van der Waals surface area (Å²) in [6.07, 6.45) is 1.96. The van der Waals surface area contributed by atoms with Gasteiger partial charge in [-0.1, -0.05) is 83.1 Å². The zero-order chi connectivity index (χ0) is 22.5. The van der Waals surface area contributed by atoms with Crippen LogP contribution in [0.5, 0.6) is 0 Å². The Morgan fingerprint density at radius 3 is 2.34 bits per heavy atom. The number of pyridine rings is 1. The Labute approximate surface area is 194 Å². The zero-order valence-corrected chi connectivity index (χ0v) is 20.3. The molecule has 0 aliphatic carbocycles. The fourth-order valence-electron chi connectivity index (χ4n) is 4.62. The van der Waals surface area contributed by atoms with Crippen LogP contribution in [0.4, 0.5) is 0 Å². The highest BCUT2D eigenvalue weighted by atomic mass is 32.1. The molecule has 0 saturated carbocycles. The highest BCUT2D eigenvalue weighted by Gasteiger charge is 2.20. The summed E-state index contributed by atoms with van der Waals surface area (Å²) >= 11 is 1.86. The van der Waals surface area contributed by atoms with Crippen LogP contribution in [0, 0.1) is 0 Å². The van der Waals surface area contributed by atoms with Gasteiger partial charge >= 0.3 is 0 Å². The van der Waals surface area contributed by atoms with E-state index in [2.05, 4.69) is 107 Å². The van der Waals surface area contributed by atoms with Gasteiger partial charge in [-0.25, -0.2) is 0 Å². The summed E-state index contributed by atoms with van der Waals surface area (Å²) < 4.78 is 1.29. The number of rotatable bonds is 3. The van der Waals surface area contributed by atoms with Crippen LogP contribution in [0.3, 0.4) is 0 Å². The first-order valence-corrected chi connectivity index (χ1v) is 12.2. The second kappa shape index (κ2) is 7.86. The number of nitrogens with zero attached hydrogens (tertiary/aromatic N) is 1. The van der Waals surface area contributed by atoms with E-state index in [9.17, 15) is 0 Å². The first-order chi connectivity index (χ1) is 15.3. The summed E-state index contributed by atoms with van der Waals surface area (Å²) in [6, 6.07) is 26.6. The average molecular weight is 436 g/mol. The molecule has 0 spiro atoms. The summed E-state index contributed by atoms with van der Waals surface area (Å²) in [5.74, 6) is 0.490. The van der Waals surface area contributed by atoms with E-state index in [0.717, 1.165) is 5.69 Å². The summed E-state index contributed by atoms with van der Waals surface area (Å²) in [7, 11) is 0. The van der Waals surface area contributed by atoms with Crippen molar-refractivity contribution in [1.29, 1.82) is 0 Å². The normalized spacial score (nSPS) is 12.2. The van der Waals surface area contributed by atoms with Crippen LogP contribution in [0.15, 0.2) is 79.0 Å². The third-order valence-corrected chi connectivity index (χ3v) is 7.37. The molecule has 0 unspecified atom stereocenters. The molecule has 2 aromatic heterocycles. The smallest absolute Gasteiger partial charge is 0.0789 e. The summed E-state index contributed by atoms with van der Waals surface area (Å²) in [4.78, 5) is 6.19. The quantitative estimate of drug-likeness (QED) is 0.275. The predicted molar refractivity (Wildman–Crippen MR) is 141 cm³/mol. The minimum absolute atomic E-state index is 0.0551. The molecule has 0 atom stereocenters. The van der Waals surface area contributed by atoms with Crippen LogP contribution in [-0.2, 0) is 5.41 Å². The van der Waals surface area contributed by atoms with E-state index in [0.29, 0.717) is 5.92 Å². The van der Waals surface area contributed by atoms with Crippen molar-refractivity contribution >= 4 is 32.2 Å². The Morgan fingerprint density at radius 2 is 1.56 bits per heavy atom. The molecule has 5 rings (SSSR count). The Morgan fingerprint density at radius 1 is 0.812 bits per heavy atom. The number of thiophene rings is 1. The van der Waals surface area contributed by atoms with Gasteiger partial charge in [0, 0.05) is 26.7 Å². The van der Waals surface area contributed by atoms with E-state index in [1.54, 1.807) is 0 Å². The van der Waals surface area contributed by atoms with Gasteiger partial charge in [-0.05, 0) is 63.1 Å². The molecule has 2 heteroatoms. The van der Waals surface area contributed by atoms with Gasteiger partial charge in [0.2, 0.25) is 0 Å². The van der Waals surface area contributed by atoms with Crippen molar-refractivity contribution in [3.05, 3.63) is 90.1 Å². The molecular weight excluding hydrogens is 406 g/mol. The largest absolute Gasteiger partial charge is 0.256 e. The maximum Gasteiger partial charge on any atom is 0.0789 e. The molecule has 0 fully saturated rings. The lowest BCUT2D eigenvalue weighted by atomic mass is 9.82. The van der Waals surface area contributed by atoms with Gasteiger partial charge in [-0.2, -0.15) is 0 Å². The Bertz CT molecular complexity index is 1430. The Balaban J connectivity index is 1.74. The minimum Gasteiger partial charge on any atom is -0.256 e. The molecule has 160 valence electrons. The van der Waals surface area contributed by atoms with E-state index in [1.807, 2.05) is 17.5 Å². The Hall–Kier alpha value is -2.97. The van der Waals surface area contributed by atoms with E-state index in [1.165, 1.54) is 48.0 Å². The molecule has 5 aromatic rings. The van der Waals surface area contributed by atoms with Crippen LogP contribution in [0.25, 0.3) is 42.6 Å². The van der Waals surface area contributed by atoms with E-state index >= 15 is 0 Å². The first-order valence-electron chi connectivity index (χ1n) is 11.3. The van der Waals surface area contributed by atoms with Crippen molar-refractivity contribution in [1.82, 2.24) is 4.98 Å². The molecule has 0 saturated heterocycles. The number of benzene rings is 3. The second-order valence-corrected chi connectivity index (χ2v) is 11.0. The fourth-order valence-corrected chi connectivity index (χ4v) is 5.72. The molecule has 0 aliphatic rings. The molecular formula is C30H29NS. The van der Waals surface area contributed by atoms with Gasteiger partial charge in [-0.3, -0.25) is 4.98 Å². The SMILES string of the molecule is CC(C)c1ccccc1-c1cc2c(-c3cc(C(C)(C)C)c4ccccc4c3)nccc2s1. The third-order valence-electron chi connectivity index (χ3n) is 6.24. The zero-order valence-electron chi connectivity index (χ0n) is 19.4. The lowest BCUT2D eigenvalue weighted by Crippen LogP contribution is -2.12. The fraction of sp³-hybridized carbons (Fsp3) is 0.233. The van der Waals surface area contributed by atoms with Crippen LogP contribution < -0.4 is 0 Å². The third kappa shape index (κ3) is 3.63. The van der Waals surface area contributed by atoms with Crippen molar-refractivity contribution in [3.8, 4) is 21.7 Å². The van der Waals surface area contributed by atoms with E-state index in [-0.39, 0.29) is 5.41 Å². The van der Waals surface area contributed by atoms with Crippen molar-refractivity contribution in [3.63, 3.8) is 0 Å². The maximum absolute atomic E-state index is 4.88. The summed E-state index contributed by atoms with van der Waals surface area (Å²) in [5.41, 5.74) is 6.42. The topological polar surface area (TPSA) is 12.9 Å². The molecule has 32 heavy (non-hydrogen) atoms. The van der Waals surface area contributed by atoms with Crippen molar-refractivity contribution in [2.45, 2.75) is 46.0 Å². The monoisotopic (exact) mass is 435 g/mol. The number of aromatic nitrogens is 1. The van der Waals surface area contributed by atoms with Gasteiger partial charge in [0.15, 0.2) is 0 Å². The van der Waals surface area contributed by atoms with Crippen molar-refractivity contribution < 1.29 is 0 Å². The first kappa shape index (κ1) is 20.9. The summed E-state index contributed by atoms with van der Waals surface area (Å²) in [5, 5.41) is 3.84. The molecule has 0 aliphatic heterocycles. The molecule has 0 bridgehead atoms. The van der Waals surface area contributed by atoms with Crippen molar-refractivity contribution in [2.24, 2.45) is 0 Å². The number of hydrogen-bond acceptors (Lipinski definition) is 2. The van der Waals surface area contributed by atoms with Gasteiger partial charge in [0.25, 0.3) is 0 Å². The molecule has 0 amide bonds. The molecule has 0 N–H and O–H groups in total. The highest BCUT2D eigenvalue weighted by molar-refractivity contribution is 7.22. The van der Waals surface area contributed by atoms with Crippen molar-refractivity contribution in [2.75, 3.05) is 0 Å². The standard InChI is InChI=1S/C30H29NS/c1-19(2)22-11-8-9-13-24(22)28-18-25-27(32-28)14-15-31-29(25)21-16-20-10-6-7-12-23(20)26(17-21)30(3,4)5/h6-19H,1-5H3. The van der Waals surface area contributed by atoms with Gasteiger partial charge in [-0.15, -0.1) is 11.3 Å². The van der Waals surface area contributed by atoms with Crippen LogP contribution in [0.1, 0.15) is 51.7 Å². The van der Waals surface area contributed by atoms with Crippen LogP contribution in [-0.4, -0.2) is 4.98 Å². The number of fused-ring (bicyclic) bond motifs is 2. The second-order valence-electron chi connectivity index (χ2n) is 9.92.